The number of aromatic amines is 1. The normalized spacial score (nSPS) is 11.8. The number of urea groups is 1. The van der Waals surface area contributed by atoms with Crippen molar-refractivity contribution in [2.75, 3.05) is 13.1 Å². The van der Waals surface area contributed by atoms with Gasteiger partial charge in [-0.15, -0.1) is 0 Å². The number of imidazole rings is 1. The monoisotopic (exact) mass is 352 g/mol. The van der Waals surface area contributed by atoms with Gasteiger partial charge in [0.1, 0.15) is 24.0 Å². The summed E-state index contributed by atoms with van der Waals surface area (Å²) < 4.78 is 37.9. The molecule has 0 bridgehead atoms. The maximum Gasteiger partial charge on any atom is 0.405 e. The Bertz CT molecular complexity index is 926. The molecule has 10 heteroatoms. The lowest BCUT2D eigenvalue weighted by Gasteiger charge is -2.11. The van der Waals surface area contributed by atoms with Gasteiger partial charge >= 0.3 is 12.2 Å². The predicted molar refractivity (Wildman–Crippen MR) is 86.8 cm³/mol. The van der Waals surface area contributed by atoms with Crippen molar-refractivity contribution < 1.29 is 18.0 Å². The van der Waals surface area contributed by atoms with E-state index < -0.39 is 18.8 Å². The summed E-state index contributed by atoms with van der Waals surface area (Å²) in [7, 11) is 0. The second-order valence-corrected chi connectivity index (χ2v) is 5.39. The third-order valence-corrected chi connectivity index (χ3v) is 3.58. The van der Waals surface area contributed by atoms with Crippen LogP contribution in [-0.4, -0.2) is 44.8 Å². The lowest BCUT2D eigenvalue weighted by molar-refractivity contribution is -0.122. The smallest absolute Gasteiger partial charge is 0.346 e. The zero-order chi connectivity index (χ0) is 18.0. The molecule has 0 spiro atoms. The molecular formula is C15H15F3N6O. The summed E-state index contributed by atoms with van der Waals surface area (Å²) >= 11 is 0. The number of nitrogens with zero attached hydrogens (tertiary/aromatic N) is 3. The first-order chi connectivity index (χ1) is 11.8. The molecular weight excluding hydrogens is 337 g/mol. The van der Waals surface area contributed by atoms with Crippen LogP contribution in [0.25, 0.3) is 27.8 Å². The highest BCUT2D eigenvalue weighted by molar-refractivity contribution is 6.02. The van der Waals surface area contributed by atoms with Gasteiger partial charge in [0.25, 0.3) is 0 Å². The van der Waals surface area contributed by atoms with Crippen LogP contribution in [0.4, 0.5) is 18.0 Å². The highest BCUT2D eigenvalue weighted by Crippen LogP contribution is 2.24. The minimum Gasteiger partial charge on any atom is -0.346 e. The number of fused-ring (bicyclic) bond motifs is 3. The lowest BCUT2D eigenvalue weighted by atomic mass is 10.2. The number of carbonyl (C=O) groups is 1. The van der Waals surface area contributed by atoms with Crippen LogP contribution in [0.5, 0.6) is 0 Å². The van der Waals surface area contributed by atoms with Gasteiger partial charge in [-0.1, -0.05) is 6.58 Å². The number of H-pyrrole nitrogens is 1. The average Bonchev–Trinajstić information content (AvgIpc) is 3.17. The molecule has 132 valence electrons. The minimum absolute atomic E-state index is 0.142. The summed E-state index contributed by atoms with van der Waals surface area (Å²) in [4.78, 5) is 22.9. The number of alkyl halides is 3. The summed E-state index contributed by atoms with van der Waals surface area (Å²) in [5, 5.41) is 4.99. The fraction of sp³-hybridized carbons (Fsp3) is 0.267. The Morgan fingerprint density at radius 1 is 1.32 bits per heavy atom. The van der Waals surface area contributed by atoms with Crippen molar-refractivity contribution in [2.45, 2.75) is 12.6 Å². The summed E-state index contributed by atoms with van der Waals surface area (Å²) in [5.41, 5.74) is 2.89. The summed E-state index contributed by atoms with van der Waals surface area (Å²) in [6.45, 7) is 2.73. The van der Waals surface area contributed by atoms with Crippen LogP contribution >= 0.6 is 0 Å². The maximum atomic E-state index is 12.0. The summed E-state index contributed by atoms with van der Waals surface area (Å²) in [5.74, 6) is 0. The van der Waals surface area contributed by atoms with Gasteiger partial charge < -0.3 is 20.2 Å². The lowest BCUT2D eigenvalue weighted by Crippen LogP contribution is -2.41. The van der Waals surface area contributed by atoms with Crippen molar-refractivity contribution in [1.82, 2.24) is 30.2 Å². The third-order valence-electron chi connectivity index (χ3n) is 3.58. The molecule has 0 radical (unpaired) electrons. The quantitative estimate of drug-likeness (QED) is 0.660. The summed E-state index contributed by atoms with van der Waals surface area (Å²) in [6.07, 6.45) is 0.918. The molecule has 3 rings (SSSR count). The van der Waals surface area contributed by atoms with E-state index in [0.29, 0.717) is 23.3 Å². The Morgan fingerprint density at radius 2 is 2.12 bits per heavy atom. The van der Waals surface area contributed by atoms with Gasteiger partial charge in [0, 0.05) is 30.2 Å². The molecule has 7 nitrogen and oxygen atoms in total. The second-order valence-electron chi connectivity index (χ2n) is 5.39. The Kier molecular flexibility index (Phi) is 4.34. The van der Waals surface area contributed by atoms with Crippen LogP contribution in [0.2, 0.25) is 0 Å². The molecule has 2 amide bonds. The fourth-order valence-electron chi connectivity index (χ4n) is 2.43. The van der Waals surface area contributed by atoms with Gasteiger partial charge in [-0.2, -0.15) is 13.2 Å². The molecule has 3 aromatic rings. The van der Waals surface area contributed by atoms with Crippen LogP contribution in [0.1, 0.15) is 6.42 Å². The maximum absolute atomic E-state index is 12.0. The van der Waals surface area contributed by atoms with Crippen LogP contribution in [0, 0.1) is 0 Å². The minimum atomic E-state index is -4.44. The Morgan fingerprint density at radius 3 is 2.88 bits per heavy atom. The standard InChI is InChI=1S/C15H15F3N6O/c1-9(2-4-20-14(25)22-7-15(16,17)18)24-8-23-11-6-21-13-10(12(11)24)3-5-19-13/h3,5-6,8H,1-2,4,7H2,(H,19,21)(H2,20,22,25). The number of aromatic nitrogens is 4. The van der Waals surface area contributed by atoms with E-state index in [9.17, 15) is 18.0 Å². The first-order valence-electron chi connectivity index (χ1n) is 7.41. The Hall–Kier alpha value is -3.04. The van der Waals surface area contributed by atoms with Crippen molar-refractivity contribution in [1.29, 1.82) is 0 Å². The fourth-order valence-corrected chi connectivity index (χ4v) is 2.43. The van der Waals surface area contributed by atoms with Gasteiger partial charge in [0.2, 0.25) is 0 Å². The SMILES string of the molecule is C=C(CCNC(=O)NCC(F)(F)F)n1cnc2cnc3[nH]ccc3c21. The van der Waals surface area contributed by atoms with Gasteiger partial charge in [-0.05, 0) is 6.07 Å². The zero-order valence-corrected chi connectivity index (χ0v) is 13.0. The van der Waals surface area contributed by atoms with E-state index in [4.69, 9.17) is 0 Å². The highest BCUT2D eigenvalue weighted by Gasteiger charge is 2.27. The molecule has 25 heavy (non-hydrogen) atoms. The van der Waals surface area contributed by atoms with Gasteiger partial charge in [0.15, 0.2) is 0 Å². The van der Waals surface area contributed by atoms with Crippen molar-refractivity contribution >= 4 is 33.8 Å². The van der Waals surface area contributed by atoms with E-state index in [-0.39, 0.29) is 6.54 Å². The van der Waals surface area contributed by atoms with Crippen molar-refractivity contribution in [3.05, 3.63) is 31.4 Å². The predicted octanol–water partition coefficient (Wildman–Crippen LogP) is 2.63. The van der Waals surface area contributed by atoms with Crippen LogP contribution in [-0.2, 0) is 0 Å². The van der Waals surface area contributed by atoms with Crippen molar-refractivity contribution in [3.63, 3.8) is 0 Å². The van der Waals surface area contributed by atoms with E-state index in [1.807, 2.05) is 6.07 Å². The number of rotatable bonds is 5. The van der Waals surface area contributed by atoms with Crippen LogP contribution < -0.4 is 10.6 Å². The van der Waals surface area contributed by atoms with E-state index in [2.05, 4.69) is 26.8 Å². The van der Waals surface area contributed by atoms with Crippen LogP contribution in [0.3, 0.4) is 0 Å². The average molecular weight is 352 g/mol. The Labute approximate surface area is 139 Å². The van der Waals surface area contributed by atoms with Crippen molar-refractivity contribution in [2.24, 2.45) is 0 Å². The van der Waals surface area contributed by atoms with Gasteiger partial charge in [-0.3, -0.25) is 0 Å². The molecule has 0 saturated heterocycles. The molecule has 3 aromatic heterocycles. The van der Waals surface area contributed by atoms with Crippen molar-refractivity contribution in [3.8, 4) is 0 Å². The van der Waals surface area contributed by atoms with Gasteiger partial charge in [-0.25, -0.2) is 14.8 Å². The number of carbonyl (C=O) groups excluding carboxylic acids is 1. The zero-order valence-electron chi connectivity index (χ0n) is 13.0. The summed E-state index contributed by atoms with van der Waals surface area (Å²) in [6, 6.07) is 0.997. The van der Waals surface area contributed by atoms with Gasteiger partial charge in [0.05, 0.1) is 11.7 Å². The number of hydrogen-bond donors (Lipinski definition) is 3. The molecule has 0 saturated carbocycles. The van der Waals surface area contributed by atoms with E-state index in [0.717, 1.165) is 10.9 Å². The number of pyridine rings is 1. The first kappa shape index (κ1) is 16.8. The topological polar surface area (TPSA) is 87.6 Å². The molecule has 0 aliphatic heterocycles. The molecule has 0 aliphatic carbocycles. The second kappa shape index (κ2) is 6.46. The third kappa shape index (κ3) is 3.73. The molecule has 3 heterocycles. The molecule has 0 aliphatic rings. The van der Waals surface area contributed by atoms with Crippen LogP contribution in [0.15, 0.2) is 31.4 Å². The van der Waals surface area contributed by atoms with E-state index >= 15 is 0 Å². The molecule has 0 fully saturated rings. The number of halogens is 3. The highest BCUT2D eigenvalue weighted by atomic mass is 19.4. The number of nitrogens with one attached hydrogen (secondary N) is 3. The van der Waals surface area contributed by atoms with E-state index in [1.165, 1.54) is 0 Å². The molecule has 0 unspecified atom stereocenters. The largest absolute Gasteiger partial charge is 0.405 e. The molecule has 3 N–H and O–H groups in total. The number of hydrogen-bond acceptors (Lipinski definition) is 3. The molecule has 0 atom stereocenters. The number of amides is 2. The molecule has 0 aromatic carbocycles. The first-order valence-corrected chi connectivity index (χ1v) is 7.41. The van der Waals surface area contributed by atoms with E-state index in [1.54, 1.807) is 28.6 Å². The Balaban J connectivity index is 1.63.